The third-order valence-corrected chi connectivity index (χ3v) is 2.48. The molecule has 0 bridgehead atoms. The van der Waals surface area contributed by atoms with Crippen LogP contribution in [0, 0.1) is 0 Å². The van der Waals surface area contributed by atoms with Crippen LogP contribution >= 0.6 is 0 Å². The lowest BCUT2D eigenvalue weighted by atomic mass is 11.6. The quantitative estimate of drug-likeness (QED) is 0.597. The Morgan fingerprint density at radius 2 is 1.89 bits per heavy atom. The van der Waals surface area contributed by atoms with Gasteiger partial charge in [-0.25, -0.2) is 4.21 Å². The minimum absolute atomic E-state index is 0.656. The van der Waals surface area contributed by atoms with E-state index in [1.54, 1.807) is 0 Å². The van der Waals surface area contributed by atoms with Crippen LogP contribution in [0.1, 0.15) is 0 Å². The maximum atomic E-state index is 11.3. The molecule has 0 amide bonds. The lowest BCUT2D eigenvalue weighted by Crippen LogP contribution is -2.22. The van der Waals surface area contributed by atoms with E-state index in [1.165, 1.54) is 0 Å². The van der Waals surface area contributed by atoms with Crippen LogP contribution in [0.3, 0.4) is 0 Å². The highest BCUT2D eigenvalue weighted by Gasteiger charge is 2.42. The molecule has 0 aliphatic rings. The van der Waals surface area contributed by atoms with Crippen LogP contribution in [0.5, 0.6) is 0 Å². The highest BCUT2D eigenvalue weighted by atomic mass is 32.8. The normalized spacial score (nSPS) is 19.1. The molecular formula is C2H3F3O2S2. The molecule has 56 valence electrons. The first-order valence-electron chi connectivity index (χ1n) is 1.68. The Kier molecular flexibility index (Phi) is 2.42. The van der Waals surface area contributed by atoms with E-state index in [4.69, 9.17) is 0 Å². The van der Waals surface area contributed by atoms with Gasteiger partial charge in [0.1, 0.15) is 0 Å². The van der Waals surface area contributed by atoms with Gasteiger partial charge in [-0.05, 0) is 0 Å². The van der Waals surface area contributed by atoms with Gasteiger partial charge in [0.15, 0.2) is 0 Å². The molecule has 0 aromatic rings. The number of alkyl halides is 3. The summed E-state index contributed by atoms with van der Waals surface area (Å²) in [5.74, 6) is 0. The molecule has 0 heterocycles. The molecule has 1 atom stereocenters. The zero-order valence-electron chi connectivity index (χ0n) is 4.27. The van der Waals surface area contributed by atoms with Crippen LogP contribution in [0.15, 0.2) is 0 Å². The first kappa shape index (κ1) is 9.12. The van der Waals surface area contributed by atoms with Gasteiger partial charge in [-0.2, -0.15) is 13.2 Å². The van der Waals surface area contributed by atoms with Gasteiger partial charge in [-0.3, -0.25) is 4.18 Å². The van der Waals surface area contributed by atoms with Crippen molar-refractivity contribution < 1.29 is 21.6 Å². The Bertz CT molecular complexity index is 178. The SMILES string of the molecule is COS(=O)(=S)C(F)(F)F. The standard InChI is InChI=1S/C2H3F3O2S2/c1-7-9(6,8)2(3,4)5/h1H3. The molecule has 2 nitrogen and oxygen atoms in total. The predicted molar refractivity (Wildman–Crippen MR) is 28.6 cm³/mol. The third kappa shape index (κ3) is 2.07. The van der Waals surface area contributed by atoms with Crippen LogP contribution in [0.4, 0.5) is 13.2 Å². The molecule has 0 spiro atoms. The van der Waals surface area contributed by atoms with Crippen LogP contribution in [-0.2, 0) is 24.1 Å². The van der Waals surface area contributed by atoms with Crippen molar-refractivity contribution in [2.75, 3.05) is 7.11 Å². The van der Waals surface area contributed by atoms with Crippen molar-refractivity contribution in [3.8, 4) is 0 Å². The summed E-state index contributed by atoms with van der Waals surface area (Å²) in [7, 11) is -3.85. The fourth-order valence-corrected chi connectivity index (χ4v) is 0.283. The minimum atomic E-state index is -4.93. The van der Waals surface area contributed by atoms with E-state index in [1.807, 2.05) is 0 Å². The van der Waals surface area contributed by atoms with Crippen LogP contribution in [-0.4, -0.2) is 16.8 Å². The Labute approximate surface area is 54.9 Å². The van der Waals surface area contributed by atoms with Crippen LogP contribution in [0.2, 0.25) is 0 Å². The van der Waals surface area contributed by atoms with Crippen molar-refractivity contribution in [1.29, 1.82) is 0 Å². The second kappa shape index (κ2) is 2.39. The summed E-state index contributed by atoms with van der Waals surface area (Å²) in [4.78, 5) is 0. The zero-order valence-corrected chi connectivity index (χ0v) is 5.90. The summed E-state index contributed by atoms with van der Waals surface area (Å²) in [6.45, 7) is 0. The van der Waals surface area contributed by atoms with E-state index >= 15 is 0 Å². The third-order valence-electron chi connectivity index (χ3n) is 0.503. The minimum Gasteiger partial charge on any atom is -0.287 e. The van der Waals surface area contributed by atoms with Crippen molar-refractivity contribution in [1.82, 2.24) is 0 Å². The smallest absolute Gasteiger partial charge is 0.287 e. The lowest BCUT2D eigenvalue weighted by molar-refractivity contribution is -0.0466. The Morgan fingerprint density at radius 3 is 1.89 bits per heavy atom. The van der Waals surface area contributed by atoms with Gasteiger partial charge < -0.3 is 0 Å². The Morgan fingerprint density at radius 1 is 1.56 bits per heavy atom. The van der Waals surface area contributed by atoms with E-state index < -0.39 is 14.3 Å². The molecule has 0 rings (SSSR count). The highest BCUT2D eigenvalue weighted by molar-refractivity contribution is 8.30. The molecule has 9 heavy (non-hydrogen) atoms. The maximum absolute atomic E-state index is 11.3. The predicted octanol–water partition coefficient (Wildman–Crippen LogP) is 0.814. The van der Waals surface area contributed by atoms with Gasteiger partial charge in [0.2, 0.25) is 8.77 Å². The number of hydrogen-bond acceptors (Lipinski definition) is 3. The van der Waals surface area contributed by atoms with Crippen LogP contribution < -0.4 is 0 Å². The molecule has 0 N–H and O–H groups in total. The summed E-state index contributed by atoms with van der Waals surface area (Å²) in [5, 5.41) is 0. The summed E-state index contributed by atoms with van der Waals surface area (Å²) in [6.07, 6.45) is 0. The average Bonchev–Trinajstić information content (AvgIpc) is 1.64. The molecule has 0 saturated carbocycles. The van der Waals surface area contributed by atoms with Crippen molar-refractivity contribution >= 4 is 20.0 Å². The molecule has 1 unspecified atom stereocenters. The van der Waals surface area contributed by atoms with Gasteiger partial charge in [0.05, 0.1) is 7.11 Å². The summed E-state index contributed by atoms with van der Waals surface area (Å²) in [6, 6.07) is 0. The van der Waals surface area contributed by atoms with Crippen molar-refractivity contribution in [2.45, 2.75) is 5.51 Å². The molecule has 0 aromatic carbocycles. The molecule has 0 aliphatic carbocycles. The topological polar surface area (TPSA) is 26.3 Å². The second-order valence-electron chi connectivity index (χ2n) is 1.07. The van der Waals surface area contributed by atoms with Gasteiger partial charge in [-0.1, -0.05) is 0 Å². The fraction of sp³-hybridized carbons (Fsp3) is 1.00. The summed E-state index contributed by atoms with van der Waals surface area (Å²) < 4.78 is 47.6. The molecule has 0 radical (unpaired) electrons. The van der Waals surface area contributed by atoms with Gasteiger partial charge in [0, 0.05) is 11.2 Å². The monoisotopic (exact) mass is 180 g/mol. The van der Waals surface area contributed by atoms with Gasteiger partial charge in [-0.15, -0.1) is 0 Å². The Balaban J connectivity index is 4.57. The number of hydrogen-bond donors (Lipinski definition) is 0. The molecule has 0 saturated heterocycles. The highest BCUT2D eigenvalue weighted by Crippen LogP contribution is 2.23. The summed E-state index contributed by atoms with van der Waals surface area (Å²) in [5.41, 5.74) is -4.93. The summed E-state index contributed by atoms with van der Waals surface area (Å²) >= 11 is 3.56. The van der Waals surface area contributed by atoms with Crippen molar-refractivity contribution in [3.05, 3.63) is 0 Å². The molecular weight excluding hydrogens is 177 g/mol. The van der Waals surface area contributed by atoms with E-state index in [9.17, 15) is 17.4 Å². The first-order valence-corrected chi connectivity index (χ1v) is 4.09. The van der Waals surface area contributed by atoms with E-state index in [-0.39, 0.29) is 0 Å². The molecule has 0 aromatic heterocycles. The molecule has 0 aliphatic heterocycles. The molecule has 7 heteroatoms. The first-order chi connectivity index (χ1) is 3.81. The van der Waals surface area contributed by atoms with Gasteiger partial charge >= 0.3 is 5.51 Å². The lowest BCUT2D eigenvalue weighted by Gasteiger charge is -2.06. The van der Waals surface area contributed by atoms with E-state index in [0.29, 0.717) is 7.11 Å². The maximum Gasteiger partial charge on any atom is 0.497 e. The fourth-order valence-electron chi connectivity index (χ4n) is 0.0945. The van der Waals surface area contributed by atoms with Crippen molar-refractivity contribution in [3.63, 3.8) is 0 Å². The number of halogens is 3. The average molecular weight is 180 g/mol. The largest absolute Gasteiger partial charge is 0.497 e. The van der Waals surface area contributed by atoms with E-state index in [2.05, 4.69) is 15.4 Å². The Hall–Kier alpha value is 0.120. The zero-order chi connectivity index (χ0) is 7.71. The van der Waals surface area contributed by atoms with Crippen molar-refractivity contribution in [2.24, 2.45) is 0 Å². The van der Waals surface area contributed by atoms with Gasteiger partial charge in [0.25, 0.3) is 0 Å². The molecule has 0 fully saturated rings. The second-order valence-corrected chi connectivity index (χ2v) is 4.09. The van der Waals surface area contributed by atoms with E-state index in [0.717, 1.165) is 0 Å². The van der Waals surface area contributed by atoms with Crippen LogP contribution in [0.25, 0.3) is 0 Å². The number of rotatable bonds is 1.